The molecule has 0 spiro atoms. The molecule has 0 atom stereocenters. The molecule has 0 amide bonds. The van der Waals surface area contributed by atoms with Gasteiger partial charge in [-0.05, 0) is 23.3 Å². The van der Waals surface area contributed by atoms with Gasteiger partial charge >= 0.3 is 0 Å². The lowest BCUT2D eigenvalue weighted by atomic mass is 10.0. The fourth-order valence-corrected chi connectivity index (χ4v) is 2.58. The Labute approximate surface area is 96.8 Å². The highest BCUT2D eigenvalue weighted by Gasteiger charge is 2.63. The van der Waals surface area contributed by atoms with Crippen LogP contribution in [0.5, 0.6) is 0 Å². The van der Waals surface area contributed by atoms with E-state index in [4.69, 9.17) is 4.42 Å². The molecule has 1 saturated carbocycles. The summed E-state index contributed by atoms with van der Waals surface area (Å²) >= 11 is 0. The lowest BCUT2D eigenvalue weighted by Gasteiger charge is -2.04. The van der Waals surface area contributed by atoms with Crippen LogP contribution in [-0.4, -0.2) is 16.7 Å². The highest BCUT2D eigenvalue weighted by atomic mass is 16.4. The largest absolute Gasteiger partial charge is 0.424 e. The number of hydrogen-bond acceptors (Lipinski definition) is 4. The third-order valence-corrected chi connectivity index (χ3v) is 4.51. The fraction of sp³-hybridized carbons (Fsp3) is 0.833. The van der Waals surface area contributed by atoms with Crippen molar-refractivity contribution >= 4 is 0 Å². The Morgan fingerprint density at radius 2 is 1.81 bits per heavy atom. The van der Waals surface area contributed by atoms with E-state index in [1.54, 1.807) is 0 Å². The van der Waals surface area contributed by atoms with Gasteiger partial charge in [-0.15, -0.1) is 10.2 Å². The second-order valence-electron chi connectivity index (χ2n) is 5.84. The predicted molar refractivity (Wildman–Crippen MR) is 61.8 cm³/mol. The summed E-state index contributed by atoms with van der Waals surface area (Å²) in [7, 11) is 0. The molecule has 0 saturated heterocycles. The summed E-state index contributed by atoms with van der Waals surface area (Å²) in [5, 5.41) is 11.1. The molecule has 1 N–H and O–H groups in total. The van der Waals surface area contributed by atoms with Gasteiger partial charge in [-0.1, -0.05) is 27.7 Å². The summed E-state index contributed by atoms with van der Waals surface area (Å²) in [6.45, 7) is 12.8. The van der Waals surface area contributed by atoms with Crippen molar-refractivity contribution in [3.8, 4) is 0 Å². The highest BCUT2D eigenvalue weighted by molar-refractivity contribution is 5.12. The van der Waals surface area contributed by atoms with Crippen LogP contribution in [0.15, 0.2) is 4.42 Å². The van der Waals surface area contributed by atoms with Crippen molar-refractivity contribution in [2.24, 2.45) is 16.7 Å². The Hall–Kier alpha value is -0.900. The Kier molecular flexibility index (Phi) is 2.57. The first kappa shape index (κ1) is 11.6. The number of nitrogens with one attached hydrogen (secondary N) is 1. The zero-order valence-corrected chi connectivity index (χ0v) is 10.8. The average Bonchev–Trinajstić information content (AvgIpc) is 2.53. The van der Waals surface area contributed by atoms with Crippen molar-refractivity contribution in [3.05, 3.63) is 11.8 Å². The van der Waals surface area contributed by atoms with Gasteiger partial charge in [0.25, 0.3) is 0 Å². The highest BCUT2D eigenvalue weighted by Crippen LogP contribution is 2.67. The Morgan fingerprint density at radius 3 is 2.25 bits per heavy atom. The van der Waals surface area contributed by atoms with Crippen LogP contribution < -0.4 is 5.32 Å². The zero-order valence-electron chi connectivity index (χ0n) is 10.8. The SMILES string of the molecule is Cc1nnc(CNCC2C(C)(C)C2(C)C)o1. The van der Waals surface area contributed by atoms with Crippen molar-refractivity contribution in [2.75, 3.05) is 6.54 Å². The van der Waals surface area contributed by atoms with Gasteiger partial charge in [-0.2, -0.15) is 0 Å². The van der Waals surface area contributed by atoms with Gasteiger partial charge in [0.1, 0.15) is 0 Å². The maximum atomic E-state index is 5.30. The second kappa shape index (κ2) is 3.55. The van der Waals surface area contributed by atoms with Crippen molar-refractivity contribution in [3.63, 3.8) is 0 Å². The van der Waals surface area contributed by atoms with Crippen LogP contribution in [0, 0.1) is 23.7 Å². The minimum Gasteiger partial charge on any atom is -0.424 e. The molecular formula is C12H21N3O. The third kappa shape index (κ3) is 1.75. The first-order chi connectivity index (χ1) is 7.35. The number of rotatable bonds is 4. The quantitative estimate of drug-likeness (QED) is 0.849. The maximum Gasteiger partial charge on any atom is 0.230 e. The van der Waals surface area contributed by atoms with E-state index in [1.807, 2.05) is 6.92 Å². The summed E-state index contributed by atoms with van der Waals surface area (Å²) in [5.41, 5.74) is 0.871. The smallest absolute Gasteiger partial charge is 0.230 e. The van der Waals surface area contributed by atoms with Gasteiger partial charge in [-0.3, -0.25) is 0 Å². The molecule has 0 aliphatic heterocycles. The van der Waals surface area contributed by atoms with Gasteiger partial charge in [0.2, 0.25) is 11.8 Å². The zero-order chi connectivity index (χ0) is 12.0. The average molecular weight is 223 g/mol. The normalized spacial score (nSPS) is 22.3. The molecule has 90 valence electrons. The van der Waals surface area contributed by atoms with Crippen LogP contribution in [0.3, 0.4) is 0 Å². The third-order valence-electron chi connectivity index (χ3n) is 4.51. The van der Waals surface area contributed by atoms with Crippen LogP contribution in [0.25, 0.3) is 0 Å². The minimum absolute atomic E-state index is 0.435. The summed E-state index contributed by atoms with van der Waals surface area (Å²) < 4.78 is 5.30. The molecule has 1 aliphatic rings. The standard InChI is InChI=1S/C12H21N3O/c1-8-14-15-10(16-8)7-13-6-9-11(2,3)12(9,4)5/h9,13H,6-7H2,1-5H3. The first-order valence-corrected chi connectivity index (χ1v) is 5.85. The monoisotopic (exact) mass is 223 g/mol. The van der Waals surface area contributed by atoms with Gasteiger partial charge in [0, 0.05) is 6.92 Å². The molecule has 16 heavy (non-hydrogen) atoms. The molecule has 0 radical (unpaired) electrons. The van der Waals surface area contributed by atoms with E-state index < -0.39 is 0 Å². The second-order valence-corrected chi connectivity index (χ2v) is 5.84. The summed E-state index contributed by atoms with van der Waals surface area (Å²) in [4.78, 5) is 0. The predicted octanol–water partition coefficient (Wildman–Crippen LogP) is 2.15. The molecule has 1 aromatic heterocycles. The summed E-state index contributed by atoms with van der Waals surface area (Å²) in [5.74, 6) is 2.03. The van der Waals surface area contributed by atoms with Gasteiger partial charge in [-0.25, -0.2) is 0 Å². The van der Waals surface area contributed by atoms with Crippen molar-refractivity contribution < 1.29 is 4.42 Å². The van der Waals surface area contributed by atoms with Gasteiger partial charge < -0.3 is 9.73 Å². The minimum atomic E-state index is 0.435. The van der Waals surface area contributed by atoms with Crippen LogP contribution in [-0.2, 0) is 6.54 Å². The van der Waals surface area contributed by atoms with Crippen molar-refractivity contribution in [1.29, 1.82) is 0 Å². The molecular weight excluding hydrogens is 202 g/mol. The first-order valence-electron chi connectivity index (χ1n) is 5.85. The van der Waals surface area contributed by atoms with Gasteiger partial charge in [0.05, 0.1) is 6.54 Å². The van der Waals surface area contributed by atoms with E-state index in [-0.39, 0.29) is 0 Å². The molecule has 4 nitrogen and oxygen atoms in total. The molecule has 1 heterocycles. The molecule has 4 heteroatoms. The molecule has 1 aromatic rings. The summed E-state index contributed by atoms with van der Waals surface area (Å²) in [6, 6.07) is 0. The van der Waals surface area contributed by atoms with E-state index >= 15 is 0 Å². The molecule has 0 bridgehead atoms. The topological polar surface area (TPSA) is 51.0 Å². The number of hydrogen-bond donors (Lipinski definition) is 1. The Morgan fingerprint density at radius 1 is 1.19 bits per heavy atom. The number of aryl methyl sites for hydroxylation is 1. The van der Waals surface area contributed by atoms with Crippen LogP contribution in [0.2, 0.25) is 0 Å². The van der Waals surface area contributed by atoms with E-state index in [1.165, 1.54) is 0 Å². The van der Waals surface area contributed by atoms with E-state index in [0.29, 0.717) is 29.2 Å². The van der Waals surface area contributed by atoms with Gasteiger partial charge in [0.15, 0.2) is 0 Å². The Bertz CT molecular complexity index is 367. The molecule has 1 aliphatic carbocycles. The fourth-order valence-electron chi connectivity index (χ4n) is 2.58. The molecule has 0 unspecified atom stereocenters. The van der Waals surface area contributed by atoms with E-state index in [9.17, 15) is 0 Å². The van der Waals surface area contributed by atoms with Crippen LogP contribution in [0.4, 0.5) is 0 Å². The molecule has 2 rings (SSSR count). The maximum absolute atomic E-state index is 5.30. The van der Waals surface area contributed by atoms with Crippen molar-refractivity contribution in [1.82, 2.24) is 15.5 Å². The van der Waals surface area contributed by atoms with E-state index in [2.05, 4.69) is 43.2 Å². The molecule has 1 fully saturated rings. The van der Waals surface area contributed by atoms with Crippen LogP contribution >= 0.6 is 0 Å². The lowest BCUT2D eigenvalue weighted by molar-refractivity contribution is 0.434. The van der Waals surface area contributed by atoms with Crippen molar-refractivity contribution in [2.45, 2.75) is 41.2 Å². The lowest BCUT2D eigenvalue weighted by Crippen LogP contribution is -2.19. The molecule has 0 aromatic carbocycles. The summed E-state index contributed by atoms with van der Waals surface area (Å²) in [6.07, 6.45) is 0. The van der Waals surface area contributed by atoms with E-state index in [0.717, 1.165) is 12.5 Å². The number of aromatic nitrogens is 2. The number of nitrogens with zero attached hydrogens (tertiary/aromatic N) is 2. The Balaban J connectivity index is 1.78. The van der Waals surface area contributed by atoms with Crippen LogP contribution in [0.1, 0.15) is 39.5 Å².